The number of nitrogens with zero attached hydrogens (tertiary/aromatic N) is 3. The summed E-state index contributed by atoms with van der Waals surface area (Å²) in [6.45, 7) is 4.01. The van der Waals surface area contributed by atoms with E-state index in [9.17, 15) is 4.79 Å². The lowest BCUT2D eigenvalue weighted by molar-refractivity contribution is -0.116. The van der Waals surface area contributed by atoms with Gasteiger partial charge in [0.05, 0.1) is 12.8 Å². The number of aromatic nitrogens is 3. The van der Waals surface area contributed by atoms with Crippen LogP contribution in [-0.4, -0.2) is 27.6 Å². The molecule has 1 N–H and O–H groups in total. The first-order chi connectivity index (χ1) is 14.5. The lowest BCUT2D eigenvalue weighted by atomic mass is 10.1. The molecule has 0 radical (unpaired) electrons. The number of aryl methyl sites for hydroxylation is 2. The summed E-state index contributed by atoms with van der Waals surface area (Å²) >= 11 is 0. The largest absolute Gasteiger partial charge is 0.497 e. The lowest BCUT2D eigenvalue weighted by Gasteiger charge is -2.11. The molecule has 0 unspecified atom stereocenters. The third-order valence-electron chi connectivity index (χ3n) is 5.19. The van der Waals surface area contributed by atoms with Crippen molar-refractivity contribution in [2.75, 3.05) is 12.4 Å². The van der Waals surface area contributed by atoms with Crippen LogP contribution < -0.4 is 10.1 Å². The highest BCUT2D eigenvalue weighted by molar-refractivity contribution is 5.91. The van der Waals surface area contributed by atoms with E-state index in [1.165, 1.54) is 0 Å². The topological polar surface area (TPSA) is 68.5 Å². The van der Waals surface area contributed by atoms with Gasteiger partial charge in [-0.3, -0.25) is 4.79 Å². The average molecular weight is 400 g/mol. The molecule has 30 heavy (non-hydrogen) atoms. The maximum Gasteiger partial charge on any atom is 0.224 e. The van der Waals surface area contributed by atoms with Crippen molar-refractivity contribution in [3.8, 4) is 17.0 Å². The van der Waals surface area contributed by atoms with Crippen molar-refractivity contribution in [2.24, 2.45) is 0 Å². The van der Waals surface area contributed by atoms with Gasteiger partial charge in [0, 0.05) is 41.2 Å². The number of hydrogen-bond acceptors (Lipinski definition) is 4. The van der Waals surface area contributed by atoms with Crippen LogP contribution in [0.15, 0.2) is 60.7 Å². The molecule has 0 spiro atoms. The zero-order valence-electron chi connectivity index (χ0n) is 17.3. The van der Waals surface area contributed by atoms with Crippen LogP contribution in [0.5, 0.6) is 5.75 Å². The van der Waals surface area contributed by atoms with Gasteiger partial charge in [-0.1, -0.05) is 36.4 Å². The molecule has 4 aromatic rings. The Bertz CT molecular complexity index is 1200. The molecule has 2 heterocycles. The number of benzene rings is 2. The first-order valence-corrected chi connectivity index (χ1v) is 9.90. The zero-order chi connectivity index (χ0) is 21.1. The van der Waals surface area contributed by atoms with Crippen LogP contribution in [0.2, 0.25) is 0 Å². The van der Waals surface area contributed by atoms with E-state index in [0.29, 0.717) is 18.6 Å². The smallest absolute Gasteiger partial charge is 0.224 e. The predicted octanol–water partition coefficient (Wildman–Crippen LogP) is 4.59. The normalized spacial score (nSPS) is 10.9. The van der Waals surface area contributed by atoms with E-state index in [1.54, 1.807) is 13.2 Å². The number of methoxy groups -OCH3 is 1. The summed E-state index contributed by atoms with van der Waals surface area (Å²) in [5.74, 6) is 0.662. The van der Waals surface area contributed by atoms with Gasteiger partial charge in [-0.25, -0.2) is 9.50 Å². The Morgan fingerprint density at radius 2 is 1.87 bits per heavy atom. The summed E-state index contributed by atoms with van der Waals surface area (Å²) in [5.41, 5.74) is 6.46. The SMILES string of the molecule is COc1cccc(NC(=O)CCc2c(C)nc3cc(-c4ccccc4)nn3c2C)c1. The Hall–Kier alpha value is -3.67. The van der Waals surface area contributed by atoms with Crippen molar-refractivity contribution in [3.63, 3.8) is 0 Å². The van der Waals surface area contributed by atoms with Crippen LogP contribution in [0.25, 0.3) is 16.9 Å². The Kier molecular flexibility index (Phi) is 5.48. The molecular weight excluding hydrogens is 376 g/mol. The molecule has 0 aliphatic rings. The fraction of sp³-hybridized carbons (Fsp3) is 0.208. The van der Waals surface area contributed by atoms with E-state index in [1.807, 2.05) is 73.0 Å². The second-order valence-corrected chi connectivity index (χ2v) is 7.21. The molecule has 6 nitrogen and oxygen atoms in total. The summed E-state index contributed by atoms with van der Waals surface area (Å²) in [7, 11) is 1.61. The van der Waals surface area contributed by atoms with Crippen LogP contribution in [-0.2, 0) is 11.2 Å². The highest BCUT2D eigenvalue weighted by Crippen LogP contribution is 2.23. The van der Waals surface area contributed by atoms with Gasteiger partial charge in [0.1, 0.15) is 5.75 Å². The molecule has 152 valence electrons. The summed E-state index contributed by atoms with van der Waals surface area (Å²) in [4.78, 5) is 17.2. The fourth-order valence-electron chi connectivity index (χ4n) is 3.60. The summed E-state index contributed by atoms with van der Waals surface area (Å²) < 4.78 is 7.07. The lowest BCUT2D eigenvalue weighted by Crippen LogP contribution is -2.14. The number of nitrogens with one attached hydrogen (secondary N) is 1. The maximum atomic E-state index is 12.5. The van der Waals surface area contributed by atoms with Crippen LogP contribution in [0.4, 0.5) is 5.69 Å². The van der Waals surface area contributed by atoms with Crippen LogP contribution in [0.1, 0.15) is 23.4 Å². The molecule has 0 aliphatic heterocycles. The molecule has 2 aromatic heterocycles. The van der Waals surface area contributed by atoms with Crippen molar-refractivity contribution in [1.29, 1.82) is 0 Å². The van der Waals surface area contributed by atoms with Crippen molar-refractivity contribution in [1.82, 2.24) is 14.6 Å². The minimum absolute atomic E-state index is 0.0485. The Labute approximate surface area is 175 Å². The predicted molar refractivity (Wildman–Crippen MR) is 118 cm³/mol. The molecule has 0 fully saturated rings. The summed E-state index contributed by atoms with van der Waals surface area (Å²) in [5, 5.41) is 7.66. The average Bonchev–Trinajstić information content (AvgIpc) is 3.18. The number of carbonyl (C=O) groups is 1. The van der Waals surface area contributed by atoms with Crippen molar-refractivity contribution in [2.45, 2.75) is 26.7 Å². The van der Waals surface area contributed by atoms with Crippen molar-refractivity contribution in [3.05, 3.63) is 77.6 Å². The van der Waals surface area contributed by atoms with Gasteiger partial charge in [0.2, 0.25) is 5.91 Å². The highest BCUT2D eigenvalue weighted by Gasteiger charge is 2.14. The maximum absolute atomic E-state index is 12.5. The zero-order valence-corrected chi connectivity index (χ0v) is 17.3. The van der Waals surface area contributed by atoms with Crippen molar-refractivity contribution >= 4 is 17.2 Å². The monoisotopic (exact) mass is 400 g/mol. The van der Waals surface area contributed by atoms with E-state index >= 15 is 0 Å². The summed E-state index contributed by atoms with van der Waals surface area (Å²) in [6.07, 6.45) is 0.954. The Morgan fingerprint density at radius 1 is 1.07 bits per heavy atom. The molecule has 0 saturated carbocycles. The number of hydrogen-bond donors (Lipinski definition) is 1. The van der Waals surface area contributed by atoms with E-state index in [0.717, 1.165) is 39.5 Å². The Morgan fingerprint density at radius 3 is 2.63 bits per heavy atom. The van der Waals surface area contributed by atoms with Gasteiger partial charge in [0.15, 0.2) is 5.65 Å². The molecular formula is C24H24N4O2. The van der Waals surface area contributed by atoms with E-state index in [2.05, 4.69) is 5.32 Å². The van der Waals surface area contributed by atoms with Gasteiger partial charge in [-0.2, -0.15) is 5.10 Å². The van der Waals surface area contributed by atoms with Crippen molar-refractivity contribution < 1.29 is 9.53 Å². The van der Waals surface area contributed by atoms with Crippen LogP contribution in [0.3, 0.4) is 0 Å². The molecule has 4 rings (SSSR count). The molecule has 0 bridgehead atoms. The first-order valence-electron chi connectivity index (χ1n) is 9.90. The number of rotatable bonds is 6. The first kappa shape index (κ1) is 19.6. The Balaban J connectivity index is 1.53. The van der Waals surface area contributed by atoms with Gasteiger partial charge in [0.25, 0.3) is 0 Å². The molecule has 0 atom stereocenters. The quantitative estimate of drug-likeness (QED) is 0.514. The highest BCUT2D eigenvalue weighted by atomic mass is 16.5. The standard InChI is InChI=1S/C24H24N4O2/c1-16-21(12-13-24(29)26-19-10-7-11-20(14-19)30-3)17(2)28-23(25-16)15-22(27-28)18-8-5-4-6-9-18/h4-11,14-15H,12-13H2,1-3H3,(H,26,29). The minimum atomic E-state index is -0.0485. The fourth-order valence-corrected chi connectivity index (χ4v) is 3.60. The third-order valence-corrected chi connectivity index (χ3v) is 5.19. The summed E-state index contributed by atoms with van der Waals surface area (Å²) in [6, 6.07) is 19.4. The second kappa shape index (κ2) is 8.37. The third kappa shape index (κ3) is 4.03. The second-order valence-electron chi connectivity index (χ2n) is 7.21. The van der Waals surface area contributed by atoms with Crippen LogP contribution in [0, 0.1) is 13.8 Å². The van der Waals surface area contributed by atoms with E-state index in [-0.39, 0.29) is 5.91 Å². The number of ether oxygens (including phenoxy) is 1. The molecule has 0 saturated heterocycles. The molecule has 2 aromatic carbocycles. The van der Waals surface area contributed by atoms with Crippen LogP contribution >= 0.6 is 0 Å². The van der Waals surface area contributed by atoms with E-state index in [4.69, 9.17) is 14.8 Å². The van der Waals surface area contributed by atoms with Gasteiger partial charge in [-0.15, -0.1) is 0 Å². The van der Waals surface area contributed by atoms with Gasteiger partial charge in [-0.05, 0) is 38.0 Å². The number of amides is 1. The molecule has 6 heteroatoms. The molecule has 1 amide bonds. The minimum Gasteiger partial charge on any atom is -0.497 e. The van der Waals surface area contributed by atoms with E-state index < -0.39 is 0 Å². The van der Waals surface area contributed by atoms with Gasteiger partial charge >= 0.3 is 0 Å². The van der Waals surface area contributed by atoms with Gasteiger partial charge < -0.3 is 10.1 Å². The number of fused-ring (bicyclic) bond motifs is 1. The molecule has 0 aliphatic carbocycles. The number of anilines is 1. The number of carbonyl (C=O) groups excluding carboxylic acids is 1.